The summed E-state index contributed by atoms with van der Waals surface area (Å²) >= 11 is 1.40. The molecular formula is C13H20N4O3S. The topological polar surface area (TPSA) is 97.6 Å². The molecule has 8 heteroatoms. The third kappa shape index (κ3) is 4.23. The molecule has 2 rings (SSSR count). The van der Waals surface area contributed by atoms with Gasteiger partial charge in [-0.1, -0.05) is 0 Å². The summed E-state index contributed by atoms with van der Waals surface area (Å²) < 4.78 is 5.21. The highest BCUT2D eigenvalue weighted by Crippen LogP contribution is 2.10. The Morgan fingerprint density at radius 2 is 2.24 bits per heavy atom. The molecule has 1 saturated heterocycles. The van der Waals surface area contributed by atoms with E-state index in [0.29, 0.717) is 45.0 Å². The van der Waals surface area contributed by atoms with Crippen LogP contribution in [0, 0.1) is 0 Å². The number of aromatic nitrogens is 1. The molecule has 21 heavy (non-hydrogen) atoms. The minimum absolute atomic E-state index is 0.0935. The largest absolute Gasteiger partial charge is 0.378 e. The smallest absolute Gasteiger partial charge is 0.271 e. The number of carbonyl (C=O) groups excluding carboxylic acids is 2. The van der Waals surface area contributed by atoms with Crippen molar-refractivity contribution in [3.8, 4) is 0 Å². The van der Waals surface area contributed by atoms with Gasteiger partial charge in [-0.25, -0.2) is 4.98 Å². The van der Waals surface area contributed by atoms with E-state index in [2.05, 4.69) is 10.3 Å². The highest BCUT2D eigenvalue weighted by Gasteiger charge is 2.24. The first-order valence-electron chi connectivity index (χ1n) is 6.93. The molecule has 0 bridgehead atoms. The number of thiazole rings is 1. The van der Waals surface area contributed by atoms with Crippen molar-refractivity contribution < 1.29 is 14.3 Å². The second-order valence-corrected chi connectivity index (χ2v) is 5.74. The molecule has 1 unspecified atom stereocenters. The molecule has 0 spiro atoms. The first-order chi connectivity index (χ1) is 10.1. The Balaban J connectivity index is 1.89. The lowest BCUT2D eigenvalue weighted by Crippen LogP contribution is -2.50. The normalized spacial score (nSPS) is 16.6. The molecule has 1 aromatic rings. The Bertz CT molecular complexity index is 499. The highest BCUT2D eigenvalue weighted by molar-refractivity contribution is 7.09. The number of morpholine rings is 1. The van der Waals surface area contributed by atoms with Crippen molar-refractivity contribution in [2.75, 3.05) is 32.8 Å². The lowest BCUT2D eigenvalue weighted by Gasteiger charge is -2.29. The quantitative estimate of drug-likeness (QED) is 0.772. The summed E-state index contributed by atoms with van der Waals surface area (Å²) in [5, 5.41) is 5.21. The lowest BCUT2D eigenvalue weighted by molar-refractivity contribution is -0.136. The van der Waals surface area contributed by atoms with E-state index in [0.717, 1.165) is 5.01 Å². The number of amides is 2. The molecule has 1 aliphatic rings. The van der Waals surface area contributed by atoms with E-state index in [1.54, 1.807) is 17.2 Å². The molecule has 0 radical (unpaired) electrons. The summed E-state index contributed by atoms with van der Waals surface area (Å²) in [6.45, 7) is 4.40. The van der Waals surface area contributed by atoms with Gasteiger partial charge in [0, 0.05) is 24.9 Å². The van der Waals surface area contributed by atoms with Gasteiger partial charge in [-0.2, -0.15) is 0 Å². The van der Waals surface area contributed by atoms with Crippen LogP contribution >= 0.6 is 11.3 Å². The molecule has 7 nitrogen and oxygen atoms in total. The predicted octanol–water partition coefficient (Wildman–Crippen LogP) is -0.379. The van der Waals surface area contributed by atoms with Crippen LogP contribution in [0.15, 0.2) is 5.38 Å². The van der Waals surface area contributed by atoms with Crippen LogP contribution in [0.5, 0.6) is 0 Å². The van der Waals surface area contributed by atoms with E-state index in [1.165, 1.54) is 11.3 Å². The maximum Gasteiger partial charge on any atom is 0.271 e. The number of nitrogens with two attached hydrogens (primary N) is 1. The van der Waals surface area contributed by atoms with Gasteiger partial charge in [-0.3, -0.25) is 9.59 Å². The van der Waals surface area contributed by atoms with Gasteiger partial charge in [0.15, 0.2) is 0 Å². The van der Waals surface area contributed by atoms with Crippen molar-refractivity contribution >= 4 is 23.2 Å². The molecule has 116 valence electrons. The van der Waals surface area contributed by atoms with Crippen LogP contribution in [0.25, 0.3) is 0 Å². The van der Waals surface area contributed by atoms with Crippen molar-refractivity contribution in [2.45, 2.75) is 19.4 Å². The maximum absolute atomic E-state index is 12.2. The molecule has 0 saturated carbocycles. The van der Waals surface area contributed by atoms with Crippen molar-refractivity contribution in [1.82, 2.24) is 15.2 Å². The zero-order valence-corrected chi connectivity index (χ0v) is 12.8. The van der Waals surface area contributed by atoms with Gasteiger partial charge in [-0.15, -0.1) is 11.3 Å². The monoisotopic (exact) mass is 312 g/mol. The molecule has 2 heterocycles. The Kier molecular flexibility index (Phi) is 5.66. The standard InChI is InChI=1S/C13H20N4O3S/c1-9(13(19)17-4-6-20-7-5-17)15-12(18)10-8-21-11(16-10)2-3-14/h8-9H,2-7,14H2,1H3,(H,15,18). The van der Waals surface area contributed by atoms with Gasteiger partial charge < -0.3 is 20.7 Å². The summed E-state index contributed by atoms with van der Waals surface area (Å²) in [6.07, 6.45) is 0.653. The van der Waals surface area contributed by atoms with Crippen molar-refractivity contribution in [2.24, 2.45) is 5.73 Å². The lowest BCUT2D eigenvalue weighted by atomic mass is 10.2. The van der Waals surface area contributed by atoms with Crippen LogP contribution in [-0.4, -0.2) is 60.6 Å². The van der Waals surface area contributed by atoms with Gasteiger partial charge in [-0.05, 0) is 13.5 Å². The number of hydrogen-bond donors (Lipinski definition) is 2. The second-order valence-electron chi connectivity index (χ2n) is 4.80. The molecule has 2 amide bonds. The number of nitrogens with zero attached hydrogens (tertiary/aromatic N) is 2. The van der Waals surface area contributed by atoms with Crippen LogP contribution in [-0.2, 0) is 16.0 Å². The van der Waals surface area contributed by atoms with E-state index in [4.69, 9.17) is 10.5 Å². The number of nitrogens with one attached hydrogen (secondary N) is 1. The van der Waals surface area contributed by atoms with E-state index in [9.17, 15) is 9.59 Å². The van der Waals surface area contributed by atoms with E-state index in [1.807, 2.05) is 0 Å². The number of ether oxygens (including phenoxy) is 1. The molecule has 1 aromatic heterocycles. The van der Waals surface area contributed by atoms with E-state index < -0.39 is 6.04 Å². The number of carbonyl (C=O) groups is 2. The van der Waals surface area contributed by atoms with Crippen molar-refractivity contribution in [1.29, 1.82) is 0 Å². The van der Waals surface area contributed by atoms with Crippen LogP contribution < -0.4 is 11.1 Å². The summed E-state index contributed by atoms with van der Waals surface area (Å²) in [5.41, 5.74) is 5.79. The average Bonchev–Trinajstić information content (AvgIpc) is 2.96. The summed E-state index contributed by atoms with van der Waals surface area (Å²) in [4.78, 5) is 30.2. The first-order valence-corrected chi connectivity index (χ1v) is 7.81. The Morgan fingerprint density at radius 1 is 1.52 bits per heavy atom. The molecule has 0 aromatic carbocycles. The average molecular weight is 312 g/mol. The molecule has 3 N–H and O–H groups in total. The first kappa shape index (κ1) is 15.9. The van der Waals surface area contributed by atoms with Crippen molar-refractivity contribution in [3.63, 3.8) is 0 Å². The summed E-state index contributed by atoms with van der Waals surface area (Å²) in [5.74, 6) is -0.423. The van der Waals surface area contributed by atoms with Crippen LogP contribution in [0.3, 0.4) is 0 Å². The molecule has 0 aliphatic carbocycles. The van der Waals surface area contributed by atoms with Crippen molar-refractivity contribution in [3.05, 3.63) is 16.1 Å². The van der Waals surface area contributed by atoms with Gasteiger partial charge in [0.1, 0.15) is 11.7 Å². The fourth-order valence-electron chi connectivity index (χ4n) is 2.04. The zero-order valence-electron chi connectivity index (χ0n) is 12.0. The van der Waals surface area contributed by atoms with E-state index in [-0.39, 0.29) is 11.8 Å². The predicted molar refractivity (Wildman–Crippen MR) is 79.2 cm³/mol. The highest BCUT2D eigenvalue weighted by atomic mass is 32.1. The fourth-order valence-corrected chi connectivity index (χ4v) is 2.84. The Labute approximate surface area is 127 Å². The molecular weight excluding hydrogens is 292 g/mol. The van der Waals surface area contributed by atoms with Crippen LogP contribution in [0.4, 0.5) is 0 Å². The minimum atomic E-state index is -0.574. The SMILES string of the molecule is CC(NC(=O)c1csc(CCN)n1)C(=O)N1CCOCC1. The molecule has 1 atom stereocenters. The zero-order chi connectivity index (χ0) is 15.2. The Morgan fingerprint density at radius 3 is 2.90 bits per heavy atom. The number of hydrogen-bond acceptors (Lipinski definition) is 6. The summed E-state index contributed by atoms with van der Waals surface area (Å²) in [6, 6.07) is -0.574. The van der Waals surface area contributed by atoms with Gasteiger partial charge in [0.25, 0.3) is 5.91 Å². The van der Waals surface area contributed by atoms with Gasteiger partial charge in [0.2, 0.25) is 5.91 Å². The fraction of sp³-hybridized carbons (Fsp3) is 0.615. The second kappa shape index (κ2) is 7.48. The minimum Gasteiger partial charge on any atom is -0.378 e. The summed E-state index contributed by atoms with van der Waals surface area (Å²) in [7, 11) is 0. The third-order valence-electron chi connectivity index (χ3n) is 3.18. The maximum atomic E-state index is 12.2. The number of rotatable bonds is 5. The molecule has 1 fully saturated rings. The van der Waals surface area contributed by atoms with Gasteiger partial charge >= 0.3 is 0 Å². The third-order valence-corrected chi connectivity index (χ3v) is 4.09. The van der Waals surface area contributed by atoms with Gasteiger partial charge in [0.05, 0.1) is 18.2 Å². The Hall–Kier alpha value is -1.51. The van der Waals surface area contributed by atoms with Crippen LogP contribution in [0.2, 0.25) is 0 Å². The van der Waals surface area contributed by atoms with E-state index >= 15 is 0 Å². The molecule has 1 aliphatic heterocycles. The van der Waals surface area contributed by atoms with Crippen LogP contribution in [0.1, 0.15) is 22.4 Å².